The normalized spacial score (nSPS) is 12.3. The standard InChI is InChI=1S/C12H14F3NO3/c1-18-9-4-2-8(3-5-9)6-19-7-10(17)16-12(15)11(13)14/h2-5,11-12H,6-7H2,1H3,(H,16,17). The van der Waals surface area contributed by atoms with Crippen LogP contribution in [0.1, 0.15) is 5.56 Å². The fourth-order valence-electron chi connectivity index (χ4n) is 1.24. The Morgan fingerprint density at radius 1 is 1.26 bits per heavy atom. The van der Waals surface area contributed by atoms with Gasteiger partial charge >= 0.3 is 0 Å². The van der Waals surface area contributed by atoms with Crippen LogP contribution in [-0.4, -0.2) is 32.3 Å². The van der Waals surface area contributed by atoms with Crippen LogP contribution in [0.15, 0.2) is 24.3 Å². The van der Waals surface area contributed by atoms with Gasteiger partial charge in [0.25, 0.3) is 6.43 Å². The molecule has 1 amide bonds. The van der Waals surface area contributed by atoms with Crippen molar-refractivity contribution in [1.82, 2.24) is 5.32 Å². The molecule has 1 rings (SSSR count). The smallest absolute Gasteiger partial charge is 0.287 e. The van der Waals surface area contributed by atoms with Gasteiger partial charge in [0.05, 0.1) is 13.7 Å². The molecule has 0 aliphatic heterocycles. The maximum absolute atomic E-state index is 12.5. The summed E-state index contributed by atoms with van der Waals surface area (Å²) in [6, 6.07) is 6.89. The predicted octanol–water partition coefficient (Wildman–Crippen LogP) is 1.89. The van der Waals surface area contributed by atoms with Gasteiger partial charge in [0, 0.05) is 0 Å². The van der Waals surface area contributed by atoms with Crippen molar-refractivity contribution < 1.29 is 27.4 Å². The Morgan fingerprint density at radius 3 is 2.42 bits per heavy atom. The molecule has 0 heterocycles. The van der Waals surface area contributed by atoms with E-state index in [4.69, 9.17) is 9.47 Å². The van der Waals surface area contributed by atoms with Crippen LogP contribution in [0.3, 0.4) is 0 Å². The highest BCUT2D eigenvalue weighted by atomic mass is 19.3. The first-order valence-electron chi connectivity index (χ1n) is 5.45. The Hall–Kier alpha value is -1.76. The Morgan fingerprint density at radius 2 is 1.89 bits per heavy atom. The molecule has 1 aromatic rings. The van der Waals surface area contributed by atoms with E-state index in [0.717, 1.165) is 5.56 Å². The van der Waals surface area contributed by atoms with Gasteiger partial charge in [0.2, 0.25) is 12.2 Å². The number of benzene rings is 1. The molecule has 1 N–H and O–H groups in total. The zero-order valence-electron chi connectivity index (χ0n) is 10.2. The first-order chi connectivity index (χ1) is 9.02. The van der Waals surface area contributed by atoms with Gasteiger partial charge < -0.3 is 14.8 Å². The number of ether oxygens (including phenoxy) is 2. The van der Waals surface area contributed by atoms with Crippen molar-refractivity contribution >= 4 is 5.91 Å². The number of amides is 1. The minimum absolute atomic E-state index is 0.114. The molecule has 106 valence electrons. The van der Waals surface area contributed by atoms with Gasteiger partial charge in [-0.15, -0.1) is 0 Å². The van der Waals surface area contributed by atoms with E-state index < -0.39 is 25.2 Å². The minimum Gasteiger partial charge on any atom is -0.497 e. The number of carbonyl (C=O) groups excluding carboxylic acids is 1. The molecular formula is C12H14F3NO3. The first-order valence-corrected chi connectivity index (χ1v) is 5.45. The van der Waals surface area contributed by atoms with Crippen LogP contribution in [0.5, 0.6) is 5.75 Å². The molecule has 1 unspecified atom stereocenters. The van der Waals surface area contributed by atoms with Gasteiger partial charge in [0.15, 0.2) is 0 Å². The third-order valence-electron chi connectivity index (χ3n) is 2.18. The number of halogens is 3. The molecule has 0 fully saturated rings. The minimum atomic E-state index is -3.24. The summed E-state index contributed by atoms with van der Waals surface area (Å²) < 4.78 is 46.0. The molecule has 7 heteroatoms. The molecule has 4 nitrogen and oxygen atoms in total. The maximum atomic E-state index is 12.5. The lowest BCUT2D eigenvalue weighted by Gasteiger charge is -2.10. The average Bonchev–Trinajstić information content (AvgIpc) is 2.39. The van der Waals surface area contributed by atoms with Crippen molar-refractivity contribution in [3.63, 3.8) is 0 Å². The van der Waals surface area contributed by atoms with E-state index in [0.29, 0.717) is 5.75 Å². The largest absolute Gasteiger partial charge is 0.497 e. The van der Waals surface area contributed by atoms with Crippen LogP contribution in [0.4, 0.5) is 13.2 Å². The number of alkyl halides is 3. The van der Waals surface area contributed by atoms with Crippen LogP contribution in [0.2, 0.25) is 0 Å². The topological polar surface area (TPSA) is 47.6 Å². The quantitative estimate of drug-likeness (QED) is 0.774. The number of hydrogen-bond acceptors (Lipinski definition) is 3. The molecule has 0 saturated heterocycles. The van der Waals surface area contributed by atoms with E-state index in [1.165, 1.54) is 12.4 Å². The van der Waals surface area contributed by atoms with Crippen LogP contribution >= 0.6 is 0 Å². The van der Waals surface area contributed by atoms with Crippen LogP contribution < -0.4 is 10.1 Å². The molecule has 0 aliphatic rings. The number of hydrogen-bond donors (Lipinski definition) is 1. The fraction of sp³-hybridized carbons (Fsp3) is 0.417. The Labute approximate surface area is 108 Å². The second-order valence-electron chi connectivity index (χ2n) is 3.64. The monoisotopic (exact) mass is 277 g/mol. The van der Waals surface area contributed by atoms with Gasteiger partial charge in [-0.25, -0.2) is 13.2 Å². The predicted molar refractivity (Wildman–Crippen MR) is 61.7 cm³/mol. The fourth-order valence-corrected chi connectivity index (χ4v) is 1.24. The van der Waals surface area contributed by atoms with Crippen LogP contribution in [0, 0.1) is 0 Å². The Bertz CT molecular complexity index is 398. The molecule has 0 aliphatic carbocycles. The molecule has 1 atom stereocenters. The lowest BCUT2D eigenvalue weighted by Crippen LogP contribution is -2.38. The summed E-state index contributed by atoms with van der Waals surface area (Å²) in [4.78, 5) is 11.0. The van der Waals surface area contributed by atoms with Gasteiger partial charge in [0.1, 0.15) is 12.4 Å². The number of nitrogens with one attached hydrogen (secondary N) is 1. The summed E-state index contributed by atoms with van der Waals surface area (Å²) in [5.74, 6) is -0.250. The second-order valence-corrected chi connectivity index (χ2v) is 3.64. The summed E-state index contributed by atoms with van der Waals surface area (Å²) in [5, 5.41) is 1.48. The molecule has 0 spiro atoms. The third kappa shape index (κ3) is 5.60. The first kappa shape index (κ1) is 15.3. The molecular weight excluding hydrogens is 263 g/mol. The second kappa shape index (κ2) is 7.63. The van der Waals surface area contributed by atoms with Crippen molar-refractivity contribution in [3.8, 4) is 5.75 Å². The van der Waals surface area contributed by atoms with E-state index in [1.54, 1.807) is 24.3 Å². The molecule has 0 saturated carbocycles. The number of rotatable bonds is 7. The van der Waals surface area contributed by atoms with Crippen LogP contribution in [-0.2, 0) is 16.1 Å². The summed E-state index contributed by atoms with van der Waals surface area (Å²) in [7, 11) is 1.53. The molecule has 0 bridgehead atoms. The molecule has 1 aromatic carbocycles. The van der Waals surface area contributed by atoms with E-state index >= 15 is 0 Å². The lowest BCUT2D eigenvalue weighted by molar-refractivity contribution is -0.130. The third-order valence-corrected chi connectivity index (χ3v) is 2.18. The Balaban J connectivity index is 2.27. The molecule has 0 radical (unpaired) electrons. The van der Waals surface area contributed by atoms with E-state index in [9.17, 15) is 18.0 Å². The number of carbonyl (C=O) groups is 1. The average molecular weight is 277 g/mol. The lowest BCUT2D eigenvalue weighted by atomic mass is 10.2. The summed E-state index contributed by atoms with van der Waals surface area (Å²) in [5.41, 5.74) is 0.777. The highest BCUT2D eigenvalue weighted by molar-refractivity contribution is 5.77. The van der Waals surface area contributed by atoms with E-state index in [2.05, 4.69) is 0 Å². The molecule has 19 heavy (non-hydrogen) atoms. The Kier molecular flexibility index (Phi) is 6.14. The zero-order valence-corrected chi connectivity index (χ0v) is 10.2. The maximum Gasteiger partial charge on any atom is 0.287 e. The summed E-state index contributed by atoms with van der Waals surface area (Å²) in [6.07, 6.45) is -5.91. The van der Waals surface area contributed by atoms with Crippen molar-refractivity contribution in [2.45, 2.75) is 19.3 Å². The summed E-state index contributed by atoms with van der Waals surface area (Å²) in [6.45, 7) is -0.373. The van der Waals surface area contributed by atoms with E-state index in [-0.39, 0.29) is 6.61 Å². The summed E-state index contributed by atoms with van der Waals surface area (Å²) >= 11 is 0. The van der Waals surface area contributed by atoms with Crippen LogP contribution in [0.25, 0.3) is 0 Å². The van der Waals surface area contributed by atoms with Crippen molar-refractivity contribution in [1.29, 1.82) is 0 Å². The SMILES string of the molecule is COc1ccc(COCC(=O)NC(F)C(F)F)cc1. The van der Waals surface area contributed by atoms with Crippen molar-refractivity contribution in [3.05, 3.63) is 29.8 Å². The highest BCUT2D eigenvalue weighted by Crippen LogP contribution is 2.11. The molecule has 0 aromatic heterocycles. The zero-order chi connectivity index (χ0) is 14.3. The van der Waals surface area contributed by atoms with Gasteiger partial charge in [-0.3, -0.25) is 4.79 Å². The van der Waals surface area contributed by atoms with Gasteiger partial charge in [-0.2, -0.15) is 0 Å². The van der Waals surface area contributed by atoms with E-state index in [1.807, 2.05) is 0 Å². The van der Waals surface area contributed by atoms with Crippen molar-refractivity contribution in [2.24, 2.45) is 0 Å². The van der Waals surface area contributed by atoms with Gasteiger partial charge in [-0.1, -0.05) is 12.1 Å². The van der Waals surface area contributed by atoms with Crippen molar-refractivity contribution in [2.75, 3.05) is 13.7 Å². The highest BCUT2D eigenvalue weighted by Gasteiger charge is 2.20. The number of methoxy groups -OCH3 is 1. The van der Waals surface area contributed by atoms with Gasteiger partial charge in [-0.05, 0) is 17.7 Å².